The van der Waals surface area contributed by atoms with Gasteiger partial charge in [-0.05, 0) is 32.9 Å². The summed E-state index contributed by atoms with van der Waals surface area (Å²) >= 11 is 5.64. The predicted octanol–water partition coefficient (Wildman–Crippen LogP) is 2.03. The lowest BCUT2D eigenvalue weighted by Crippen LogP contribution is -2.49. The SMILES string of the molecule is CC(C)(C)NC(=O)NC(=O)COC(=O)c1ccc(Cl)cc1[N+](=O)[O-]. The third kappa shape index (κ3) is 6.21. The predicted molar refractivity (Wildman–Crippen MR) is 84.8 cm³/mol. The molecule has 3 amide bonds. The first-order valence-corrected chi connectivity index (χ1v) is 7.10. The molecule has 2 N–H and O–H groups in total. The third-order valence-electron chi connectivity index (χ3n) is 2.45. The molecule has 0 aliphatic heterocycles. The Morgan fingerprint density at radius 2 is 1.92 bits per heavy atom. The molecule has 0 aromatic heterocycles. The fourth-order valence-corrected chi connectivity index (χ4v) is 1.74. The summed E-state index contributed by atoms with van der Waals surface area (Å²) in [4.78, 5) is 45.0. The minimum Gasteiger partial charge on any atom is -0.452 e. The van der Waals surface area contributed by atoms with Gasteiger partial charge in [0, 0.05) is 16.6 Å². The van der Waals surface area contributed by atoms with Gasteiger partial charge in [0.25, 0.3) is 11.6 Å². The van der Waals surface area contributed by atoms with Crippen LogP contribution in [0.5, 0.6) is 0 Å². The van der Waals surface area contributed by atoms with Crippen molar-refractivity contribution in [3.63, 3.8) is 0 Å². The third-order valence-corrected chi connectivity index (χ3v) is 2.69. The van der Waals surface area contributed by atoms with Gasteiger partial charge in [0.05, 0.1) is 4.92 Å². The van der Waals surface area contributed by atoms with E-state index in [1.54, 1.807) is 20.8 Å². The van der Waals surface area contributed by atoms with Gasteiger partial charge < -0.3 is 10.1 Å². The first-order chi connectivity index (χ1) is 11.0. The van der Waals surface area contributed by atoms with E-state index in [-0.39, 0.29) is 10.6 Å². The van der Waals surface area contributed by atoms with Crippen LogP contribution in [0.25, 0.3) is 0 Å². The lowest BCUT2D eigenvalue weighted by Gasteiger charge is -2.20. The highest BCUT2D eigenvalue weighted by Gasteiger charge is 2.23. The Morgan fingerprint density at radius 3 is 2.46 bits per heavy atom. The molecule has 1 aromatic carbocycles. The van der Waals surface area contributed by atoms with Crippen molar-refractivity contribution in [1.29, 1.82) is 0 Å². The summed E-state index contributed by atoms with van der Waals surface area (Å²) < 4.78 is 4.67. The maximum absolute atomic E-state index is 11.8. The second-order valence-electron chi connectivity index (χ2n) is 5.75. The topological polar surface area (TPSA) is 128 Å². The number of nitro benzene ring substituents is 1. The number of ether oxygens (including phenoxy) is 1. The first kappa shape index (κ1) is 19.4. The highest BCUT2D eigenvalue weighted by atomic mass is 35.5. The Balaban J connectivity index is 2.65. The Kier molecular flexibility index (Phi) is 6.24. The minimum absolute atomic E-state index is 0.0786. The number of urea groups is 1. The molecule has 0 spiro atoms. The molecule has 130 valence electrons. The van der Waals surface area contributed by atoms with Gasteiger partial charge in [-0.15, -0.1) is 0 Å². The normalized spacial score (nSPS) is 10.7. The van der Waals surface area contributed by atoms with Crippen LogP contribution in [0.15, 0.2) is 18.2 Å². The van der Waals surface area contributed by atoms with Crippen molar-refractivity contribution in [2.45, 2.75) is 26.3 Å². The number of hydrogen-bond donors (Lipinski definition) is 2. The number of imide groups is 1. The zero-order valence-electron chi connectivity index (χ0n) is 13.2. The van der Waals surface area contributed by atoms with Crippen molar-refractivity contribution in [3.05, 3.63) is 38.9 Å². The van der Waals surface area contributed by atoms with Crippen LogP contribution in [0.2, 0.25) is 5.02 Å². The molecule has 0 aliphatic rings. The number of carbonyl (C=O) groups excluding carboxylic acids is 3. The summed E-state index contributed by atoms with van der Waals surface area (Å²) in [6.45, 7) is 4.39. The van der Waals surface area contributed by atoms with Crippen molar-refractivity contribution >= 4 is 35.2 Å². The molecule has 1 aromatic rings. The zero-order valence-corrected chi connectivity index (χ0v) is 14.0. The number of rotatable bonds is 4. The largest absolute Gasteiger partial charge is 0.452 e. The number of amides is 3. The van der Waals surface area contributed by atoms with Crippen molar-refractivity contribution < 1.29 is 24.0 Å². The quantitative estimate of drug-likeness (QED) is 0.482. The van der Waals surface area contributed by atoms with Crippen LogP contribution in [0.1, 0.15) is 31.1 Å². The van der Waals surface area contributed by atoms with Gasteiger partial charge in [0.2, 0.25) is 0 Å². The van der Waals surface area contributed by atoms with Crippen LogP contribution in [-0.2, 0) is 9.53 Å². The van der Waals surface area contributed by atoms with Crippen LogP contribution in [0.3, 0.4) is 0 Å². The van der Waals surface area contributed by atoms with E-state index in [9.17, 15) is 24.5 Å². The lowest BCUT2D eigenvalue weighted by atomic mass is 10.1. The zero-order chi connectivity index (χ0) is 18.5. The lowest BCUT2D eigenvalue weighted by molar-refractivity contribution is -0.385. The van der Waals surface area contributed by atoms with E-state index in [1.807, 2.05) is 5.32 Å². The van der Waals surface area contributed by atoms with E-state index in [0.717, 1.165) is 12.1 Å². The molecule has 9 nitrogen and oxygen atoms in total. The molecule has 10 heteroatoms. The summed E-state index contributed by atoms with van der Waals surface area (Å²) in [5, 5.41) is 15.4. The molecule has 0 radical (unpaired) electrons. The molecule has 0 unspecified atom stereocenters. The number of esters is 1. The summed E-state index contributed by atoms with van der Waals surface area (Å²) in [6, 6.07) is 2.64. The molecule has 0 bridgehead atoms. The minimum atomic E-state index is -1.08. The Morgan fingerprint density at radius 1 is 1.29 bits per heavy atom. The number of nitrogens with one attached hydrogen (secondary N) is 2. The molecule has 1 rings (SSSR count). The van der Waals surface area contributed by atoms with Gasteiger partial charge in [0.1, 0.15) is 5.56 Å². The average molecular weight is 358 g/mol. The average Bonchev–Trinajstić information content (AvgIpc) is 2.42. The fourth-order valence-electron chi connectivity index (χ4n) is 1.57. The monoisotopic (exact) mass is 357 g/mol. The van der Waals surface area contributed by atoms with Crippen molar-refractivity contribution in [3.8, 4) is 0 Å². The fraction of sp³-hybridized carbons (Fsp3) is 0.357. The highest BCUT2D eigenvalue weighted by Crippen LogP contribution is 2.23. The van der Waals surface area contributed by atoms with Crippen LogP contribution in [0.4, 0.5) is 10.5 Å². The van der Waals surface area contributed by atoms with Gasteiger partial charge in [-0.2, -0.15) is 0 Å². The first-order valence-electron chi connectivity index (χ1n) is 6.72. The Hall–Kier alpha value is -2.68. The second-order valence-corrected chi connectivity index (χ2v) is 6.18. The van der Waals surface area contributed by atoms with Gasteiger partial charge >= 0.3 is 12.0 Å². The van der Waals surface area contributed by atoms with Gasteiger partial charge in [-0.3, -0.25) is 20.2 Å². The van der Waals surface area contributed by atoms with E-state index in [4.69, 9.17) is 11.6 Å². The van der Waals surface area contributed by atoms with Crippen LogP contribution < -0.4 is 10.6 Å². The van der Waals surface area contributed by atoms with Crippen molar-refractivity contribution in [2.24, 2.45) is 0 Å². The van der Waals surface area contributed by atoms with Crippen LogP contribution in [-0.4, -0.2) is 35.0 Å². The standard InChI is InChI=1S/C14H16ClN3O6/c1-14(2,3)17-13(21)16-11(19)7-24-12(20)9-5-4-8(15)6-10(9)18(22)23/h4-6H,7H2,1-3H3,(H2,16,17,19,21). The van der Waals surface area contributed by atoms with Gasteiger partial charge in [-0.1, -0.05) is 11.6 Å². The number of nitro groups is 1. The number of benzene rings is 1. The van der Waals surface area contributed by atoms with Crippen LogP contribution >= 0.6 is 11.6 Å². The summed E-state index contributed by atoms with van der Waals surface area (Å²) in [7, 11) is 0. The maximum atomic E-state index is 11.8. The number of halogens is 1. The van der Waals surface area contributed by atoms with Gasteiger partial charge in [0.15, 0.2) is 6.61 Å². The molecule has 0 fully saturated rings. The van der Waals surface area contributed by atoms with Gasteiger partial charge in [-0.25, -0.2) is 9.59 Å². The molecular formula is C14H16ClN3O6. The molecule has 24 heavy (non-hydrogen) atoms. The Labute approximate surface area is 142 Å². The van der Waals surface area contributed by atoms with E-state index in [2.05, 4.69) is 10.1 Å². The number of nitrogens with zero attached hydrogens (tertiary/aromatic N) is 1. The van der Waals surface area contributed by atoms with Crippen LogP contribution in [0, 0.1) is 10.1 Å². The molecule has 0 saturated heterocycles. The van der Waals surface area contributed by atoms with E-state index in [0.29, 0.717) is 0 Å². The maximum Gasteiger partial charge on any atom is 0.345 e. The highest BCUT2D eigenvalue weighted by molar-refractivity contribution is 6.31. The molecule has 0 aliphatic carbocycles. The van der Waals surface area contributed by atoms with Crippen molar-refractivity contribution in [1.82, 2.24) is 10.6 Å². The molecular weight excluding hydrogens is 342 g/mol. The smallest absolute Gasteiger partial charge is 0.345 e. The van der Waals surface area contributed by atoms with E-state index in [1.165, 1.54) is 6.07 Å². The molecule has 0 saturated carbocycles. The summed E-state index contributed by atoms with van der Waals surface area (Å²) in [6.07, 6.45) is 0. The van der Waals surface area contributed by atoms with Crippen molar-refractivity contribution in [2.75, 3.05) is 6.61 Å². The van der Waals surface area contributed by atoms with E-state index >= 15 is 0 Å². The molecule has 0 heterocycles. The summed E-state index contributed by atoms with van der Waals surface area (Å²) in [5.74, 6) is -1.95. The second kappa shape index (κ2) is 7.73. The summed E-state index contributed by atoms with van der Waals surface area (Å²) in [5.41, 5.74) is -1.44. The molecule has 0 atom stereocenters. The Bertz CT molecular complexity index is 684. The van der Waals surface area contributed by atoms with E-state index < -0.39 is 40.7 Å². The number of hydrogen-bond acceptors (Lipinski definition) is 6. The number of carbonyl (C=O) groups is 3.